The molecule has 2 rings (SSSR count). The Bertz CT molecular complexity index is 617. The Morgan fingerprint density at radius 1 is 0.826 bits per heavy atom. The van der Waals surface area contributed by atoms with Gasteiger partial charge in [-0.3, -0.25) is 0 Å². The van der Waals surface area contributed by atoms with Gasteiger partial charge >= 0.3 is 0 Å². The molecular formula is C20H28INO. The van der Waals surface area contributed by atoms with Gasteiger partial charge in [-0.2, -0.15) is 0 Å². The van der Waals surface area contributed by atoms with Crippen molar-refractivity contribution in [1.82, 2.24) is 0 Å². The fourth-order valence-corrected chi connectivity index (χ4v) is 2.68. The summed E-state index contributed by atoms with van der Waals surface area (Å²) in [5, 5.41) is 10.7. The third kappa shape index (κ3) is 4.93. The van der Waals surface area contributed by atoms with Crippen molar-refractivity contribution in [2.45, 2.75) is 58.9 Å². The molecule has 0 fully saturated rings. The topological polar surface area (TPSA) is 24.1 Å². The summed E-state index contributed by atoms with van der Waals surface area (Å²) in [5.74, 6) is 0.446. The van der Waals surface area contributed by atoms with E-state index in [1.54, 1.807) is 0 Å². The predicted octanol–water partition coefficient (Wildman–Crippen LogP) is 1.33. The van der Waals surface area contributed by atoms with Gasteiger partial charge in [0.2, 0.25) is 0 Å². The van der Waals surface area contributed by atoms with Crippen molar-refractivity contribution in [2.24, 2.45) is 0 Å². The molecule has 0 bridgehead atoms. The molecule has 0 spiro atoms. The molecular weight excluding hydrogens is 397 g/mol. The first-order valence-electron chi connectivity index (χ1n) is 7.90. The Balaban J connectivity index is 0.00000264. The minimum absolute atomic E-state index is 0. The molecule has 1 N–H and O–H groups in total. The van der Waals surface area contributed by atoms with Crippen molar-refractivity contribution < 1.29 is 33.7 Å². The number of phenolic OH excluding ortho intramolecular Hbond substituents is 1. The molecule has 0 unspecified atom stereocenters. The van der Waals surface area contributed by atoms with Gasteiger partial charge in [-0.25, -0.2) is 4.57 Å². The maximum atomic E-state index is 10.7. The van der Waals surface area contributed by atoms with Crippen LogP contribution in [0.4, 0.5) is 0 Å². The number of rotatable bonds is 2. The highest BCUT2D eigenvalue weighted by Gasteiger charge is 2.27. The van der Waals surface area contributed by atoms with Crippen LogP contribution in [-0.2, 0) is 17.4 Å². The molecule has 23 heavy (non-hydrogen) atoms. The summed E-state index contributed by atoms with van der Waals surface area (Å²) >= 11 is 0. The van der Waals surface area contributed by atoms with Gasteiger partial charge in [-0.1, -0.05) is 47.6 Å². The molecule has 0 saturated heterocycles. The van der Waals surface area contributed by atoms with Crippen molar-refractivity contribution in [1.29, 1.82) is 0 Å². The molecule has 0 amide bonds. The molecule has 0 aliphatic heterocycles. The van der Waals surface area contributed by atoms with E-state index < -0.39 is 0 Å². The van der Waals surface area contributed by atoms with Crippen LogP contribution in [-0.4, -0.2) is 5.11 Å². The number of phenols is 1. The van der Waals surface area contributed by atoms with Crippen LogP contribution in [0.15, 0.2) is 42.7 Å². The maximum absolute atomic E-state index is 10.7. The largest absolute Gasteiger partial charge is 1.00 e. The van der Waals surface area contributed by atoms with E-state index in [4.69, 9.17) is 0 Å². The molecule has 2 nitrogen and oxygen atoms in total. The average molecular weight is 425 g/mol. The van der Waals surface area contributed by atoms with Gasteiger partial charge in [0.1, 0.15) is 5.75 Å². The quantitative estimate of drug-likeness (QED) is 0.570. The minimum atomic E-state index is -0.0819. The second-order valence-corrected chi connectivity index (χ2v) is 8.09. The lowest BCUT2D eigenvalue weighted by Crippen LogP contribution is -3.00. The smallest absolute Gasteiger partial charge is 0.173 e. The first-order valence-corrected chi connectivity index (χ1v) is 7.90. The van der Waals surface area contributed by atoms with Gasteiger partial charge in [0, 0.05) is 28.8 Å². The van der Waals surface area contributed by atoms with Gasteiger partial charge in [0.15, 0.2) is 18.9 Å². The monoisotopic (exact) mass is 425 g/mol. The van der Waals surface area contributed by atoms with Crippen LogP contribution in [0.2, 0.25) is 0 Å². The van der Waals surface area contributed by atoms with Crippen LogP contribution in [0.5, 0.6) is 5.75 Å². The summed E-state index contributed by atoms with van der Waals surface area (Å²) < 4.78 is 2.16. The van der Waals surface area contributed by atoms with Crippen LogP contribution in [0.1, 0.15) is 58.2 Å². The maximum Gasteiger partial charge on any atom is 0.173 e. The van der Waals surface area contributed by atoms with E-state index in [2.05, 4.69) is 70.6 Å². The second-order valence-electron chi connectivity index (χ2n) is 8.09. The van der Waals surface area contributed by atoms with Crippen LogP contribution in [0.25, 0.3) is 0 Å². The summed E-state index contributed by atoms with van der Waals surface area (Å²) in [4.78, 5) is 0. The zero-order valence-electron chi connectivity index (χ0n) is 15.0. The third-order valence-electron chi connectivity index (χ3n) is 3.93. The number of aromatic hydroxyl groups is 1. The summed E-state index contributed by atoms with van der Waals surface area (Å²) in [6, 6.07) is 10.4. The van der Waals surface area contributed by atoms with E-state index in [-0.39, 0.29) is 34.8 Å². The lowest BCUT2D eigenvalue weighted by atomic mass is 9.78. The molecule has 0 aliphatic rings. The van der Waals surface area contributed by atoms with Gasteiger partial charge < -0.3 is 29.1 Å². The molecule has 2 aromatic rings. The predicted molar refractivity (Wildman–Crippen MR) is 91.2 cm³/mol. The second kappa shape index (κ2) is 7.20. The van der Waals surface area contributed by atoms with Crippen LogP contribution < -0.4 is 28.5 Å². The van der Waals surface area contributed by atoms with Crippen molar-refractivity contribution >= 4 is 0 Å². The molecule has 0 radical (unpaired) electrons. The van der Waals surface area contributed by atoms with Gasteiger partial charge in [0.25, 0.3) is 0 Å². The SMILES string of the molecule is CC(C)(C)c1cc(C[n+]2ccccc2)cc(C(C)(C)C)c1O.[I-]. The normalized spacial score (nSPS) is 11.9. The van der Waals surface area contributed by atoms with Gasteiger partial charge in [-0.05, 0) is 23.0 Å². The number of halogens is 1. The summed E-state index contributed by atoms with van der Waals surface area (Å²) in [6.45, 7) is 13.7. The van der Waals surface area contributed by atoms with Gasteiger partial charge in [-0.15, -0.1) is 0 Å². The number of nitrogens with zero attached hydrogens (tertiary/aromatic N) is 1. The lowest BCUT2D eigenvalue weighted by Gasteiger charge is -2.27. The Morgan fingerprint density at radius 2 is 1.26 bits per heavy atom. The Labute approximate surface area is 157 Å². The number of hydrogen-bond donors (Lipinski definition) is 1. The molecule has 1 aromatic carbocycles. The van der Waals surface area contributed by atoms with Gasteiger partial charge in [0.05, 0.1) is 0 Å². The van der Waals surface area contributed by atoms with Crippen molar-refractivity contribution in [2.75, 3.05) is 0 Å². The number of pyridine rings is 1. The zero-order chi connectivity index (χ0) is 16.5. The number of aromatic nitrogens is 1. The minimum Gasteiger partial charge on any atom is -1.00 e. The summed E-state index contributed by atoms with van der Waals surface area (Å²) in [5.41, 5.74) is 3.10. The molecule has 1 heterocycles. The molecule has 0 saturated carbocycles. The molecule has 3 heteroatoms. The van der Waals surface area contributed by atoms with E-state index in [9.17, 15) is 5.11 Å². The van der Waals surface area contributed by atoms with E-state index in [0.29, 0.717) is 5.75 Å². The fraction of sp³-hybridized carbons (Fsp3) is 0.450. The third-order valence-corrected chi connectivity index (χ3v) is 3.93. The zero-order valence-corrected chi connectivity index (χ0v) is 17.2. The first-order chi connectivity index (χ1) is 10.1. The lowest BCUT2D eigenvalue weighted by molar-refractivity contribution is -0.688. The summed E-state index contributed by atoms with van der Waals surface area (Å²) in [7, 11) is 0. The molecule has 126 valence electrons. The average Bonchev–Trinajstić information content (AvgIpc) is 2.39. The highest BCUT2D eigenvalue weighted by molar-refractivity contribution is 5.49. The number of hydrogen-bond acceptors (Lipinski definition) is 1. The molecule has 1 aromatic heterocycles. The number of benzene rings is 1. The van der Waals surface area contributed by atoms with Crippen molar-refractivity contribution in [3.05, 3.63) is 59.4 Å². The van der Waals surface area contributed by atoms with Crippen LogP contribution >= 0.6 is 0 Å². The summed E-state index contributed by atoms with van der Waals surface area (Å²) in [6.07, 6.45) is 4.14. The highest BCUT2D eigenvalue weighted by Crippen LogP contribution is 2.39. The van der Waals surface area contributed by atoms with E-state index in [1.165, 1.54) is 5.56 Å². The molecule has 0 atom stereocenters. The van der Waals surface area contributed by atoms with E-state index in [0.717, 1.165) is 17.7 Å². The van der Waals surface area contributed by atoms with Crippen molar-refractivity contribution in [3.63, 3.8) is 0 Å². The van der Waals surface area contributed by atoms with E-state index >= 15 is 0 Å². The Morgan fingerprint density at radius 3 is 1.65 bits per heavy atom. The van der Waals surface area contributed by atoms with Crippen molar-refractivity contribution in [3.8, 4) is 5.75 Å². The highest BCUT2D eigenvalue weighted by atomic mass is 127. The first kappa shape index (κ1) is 19.9. The van der Waals surface area contributed by atoms with Crippen LogP contribution in [0.3, 0.4) is 0 Å². The Hall–Kier alpha value is -1.10. The Kier molecular flexibility index (Phi) is 6.25. The van der Waals surface area contributed by atoms with E-state index in [1.807, 2.05) is 18.2 Å². The molecule has 0 aliphatic carbocycles. The standard InChI is InChI=1S/C20H27NO.HI/c1-19(2,3)16-12-15(14-21-10-8-7-9-11-21)13-17(18(16)22)20(4,5)6;/h7-13H,14H2,1-6H3;1H. The fourth-order valence-electron chi connectivity index (χ4n) is 2.68. The van der Waals surface area contributed by atoms with Crippen LogP contribution in [0, 0.1) is 0 Å².